The summed E-state index contributed by atoms with van der Waals surface area (Å²) in [5.41, 5.74) is 1.98. The Hall–Kier alpha value is -2.97. The number of para-hydroxylation sites is 1. The number of benzene rings is 1. The van der Waals surface area contributed by atoms with E-state index in [4.69, 9.17) is 11.6 Å². The lowest BCUT2D eigenvalue weighted by atomic mass is 10.3. The highest BCUT2D eigenvalue weighted by atomic mass is 35.5. The fourth-order valence-electron chi connectivity index (χ4n) is 2.39. The molecule has 0 fully saturated rings. The number of carbonyl (C=O) groups excluding carboxylic acids is 1. The SMILES string of the molecule is O=C(NCc1nnc2ccc(-c3cccs3)nn12)Nc1ccccc1Cl. The number of nitrogens with zero attached hydrogens (tertiary/aromatic N) is 4. The van der Waals surface area contributed by atoms with Gasteiger partial charge in [-0.3, -0.25) is 0 Å². The van der Waals surface area contributed by atoms with Crippen molar-refractivity contribution in [2.45, 2.75) is 6.54 Å². The van der Waals surface area contributed by atoms with Gasteiger partial charge in [0.1, 0.15) is 5.69 Å². The monoisotopic (exact) mass is 384 g/mol. The predicted molar refractivity (Wildman–Crippen MR) is 101 cm³/mol. The Balaban J connectivity index is 1.49. The van der Waals surface area contributed by atoms with Gasteiger partial charge in [-0.25, -0.2) is 4.79 Å². The maximum atomic E-state index is 12.1. The van der Waals surface area contributed by atoms with Crippen LogP contribution in [0.15, 0.2) is 53.9 Å². The third-order valence-electron chi connectivity index (χ3n) is 3.63. The molecule has 0 saturated heterocycles. The first-order chi connectivity index (χ1) is 12.7. The summed E-state index contributed by atoms with van der Waals surface area (Å²) >= 11 is 7.64. The van der Waals surface area contributed by atoms with Crippen molar-refractivity contribution in [3.8, 4) is 10.6 Å². The van der Waals surface area contributed by atoms with Crippen LogP contribution in [0.5, 0.6) is 0 Å². The molecule has 0 bridgehead atoms. The van der Waals surface area contributed by atoms with E-state index >= 15 is 0 Å². The summed E-state index contributed by atoms with van der Waals surface area (Å²) in [5, 5.41) is 20.6. The Morgan fingerprint density at radius 3 is 2.81 bits per heavy atom. The number of rotatable bonds is 4. The van der Waals surface area contributed by atoms with Crippen LogP contribution in [0.2, 0.25) is 5.02 Å². The molecule has 0 aliphatic carbocycles. The molecule has 130 valence electrons. The van der Waals surface area contributed by atoms with E-state index in [9.17, 15) is 4.79 Å². The van der Waals surface area contributed by atoms with Crippen molar-refractivity contribution in [1.82, 2.24) is 25.1 Å². The third-order valence-corrected chi connectivity index (χ3v) is 4.85. The number of nitrogens with one attached hydrogen (secondary N) is 2. The molecule has 1 aromatic carbocycles. The summed E-state index contributed by atoms with van der Waals surface area (Å²) in [5.74, 6) is 0.535. The molecule has 0 aliphatic rings. The fourth-order valence-corrected chi connectivity index (χ4v) is 3.26. The lowest BCUT2D eigenvalue weighted by Crippen LogP contribution is -2.29. The second-order valence-corrected chi connectivity index (χ2v) is 6.72. The van der Waals surface area contributed by atoms with Gasteiger partial charge in [-0.05, 0) is 35.7 Å². The van der Waals surface area contributed by atoms with Crippen molar-refractivity contribution in [2.24, 2.45) is 0 Å². The molecule has 0 aliphatic heterocycles. The number of thiophene rings is 1. The number of aromatic nitrogens is 4. The summed E-state index contributed by atoms with van der Waals surface area (Å²) in [6.45, 7) is 0.179. The smallest absolute Gasteiger partial charge is 0.319 e. The molecule has 0 atom stereocenters. The van der Waals surface area contributed by atoms with Crippen molar-refractivity contribution in [1.29, 1.82) is 0 Å². The van der Waals surface area contributed by atoms with Crippen LogP contribution in [0.25, 0.3) is 16.2 Å². The summed E-state index contributed by atoms with van der Waals surface area (Å²) in [4.78, 5) is 13.1. The van der Waals surface area contributed by atoms with Gasteiger partial charge in [0.25, 0.3) is 0 Å². The van der Waals surface area contributed by atoms with Crippen molar-refractivity contribution in [2.75, 3.05) is 5.32 Å². The minimum absolute atomic E-state index is 0.179. The fraction of sp³-hybridized carbons (Fsp3) is 0.0588. The second-order valence-electron chi connectivity index (χ2n) is 5.37. The van der Waals surface area contributed by atoms with Crippen LogP contribution in [0.1, 0.15) is 5.82 Å². The van der Waals surface area contributed by atoms with Crippen LogP contribution >= 0.6 is 22.9 Å². The van der Waals surface area contributed by atoms with Gasteiger partial charge >= 0.3 is 6.03 Å². The molecule has 7 nitrogen and oxygen atoms in total. The highest BCUT2D eigenvalue weighted by Gasteiger charge is 2.11. The maximum absolute atomic E-state index is 12.1. The van der Waals surface area contributed by atoms with Crippen LogP contribution in [0.4, 0.5) is 10.5 Å². The topological polar surface area (TPSA) is 84.2 Å². The van der Waals surface area contributed by atoms with E-state index in [0.717, 1.165) is 10.6 Å². The molecular weight excluding hydrogens is 372 g/mol. The van der Waals surface area contributed by atoms with Gasteiger partial charge < -0.3 is 10.6 Å². The molecule has 0 saturated carbocycles. The third kappa shape index (κ3) is 3.37. The molecule has 0 spiro atoms. The Morgan fingerprint density at radius 1 is 1.12 bits per heavy atom. The number of anilines is 1. The maximum Gasteiger partial charge on any atom is 0.319 e. The van der Waals surface area contributed by atoms with Crippen LogP contribution in [0, 0.1) is 0 Å². The van der Waals surface area contributed by atoms with Crippen molar-refractivity contribution < 1.29 is 4.79 Å². The van der Waals surface area contributed by atoms with Gasteiger partial charge in [-0.2, -0.15) is 9.61 Å². The normalized spacial score (nSPS) is 10.8. The zero-order chi connectivity index (χ0) is 17.9. The summed E-state index contributed by atoms with van der Waals surface area (Å²) in [6, 6.07) is 14.4. The average molecular weight is 385 g/mol. The highest BCUT2D eigenvalue weighted by molar-refractivity contribution is 7.13. The van der Waals surface area contributed by atoms with E-state index in [0.29, 0.717) is 22.2 Å². The summed E-state index contributed by atoms with van der Waals surface area (Å²) < 4.78 is 1.63. The Kier molecular flexibility index (Phi) is 4.51. The summed E-state index contributed by atoms with van der Waals surface area (Å²) in [7, 11) is 0. The van der Waals surface area contributed by atoms with Gasteiger partial charge in [0.15, 0.2) is 11.5 Å². The van der Waals surface area contributed by atoms with E-state index in [1.165, 1.54) is 0 Å². The largest absolute Gasteiger partial charge is 0.330 e. The van der Waals surface area contributed by atoms with Gasteiger partial charge in [0, 0.05) is 0 Å². The molecule has 26 heavy (non-hydrogen) atoms. The van der Waals surface area contributed by atoms with Gasteiger partial charge in [0.05, 0.1) is 22.1 Å². The molecule has 3 heterocycles. The number of carbonyl (C=O) groups is 1. The number of fused-ring (bicyclic) bond motifs is 1. The molecular formula is C17H13ClN6OS. The number of halogens is 1. The average Bonchev–Trinajstić information content (AvgIpc) is 3.31. The molecule has 0 radical (unpaired) electrons. The van der Waals surface area contributed by atoms with Crippen LogP contribution in [-0.4, -0.2) is 25.8 Å². The zero-order valence-corrected chi connectivity index (χ0v) is 15.0. The van der Waals surface area contributed by atoms with E-state index < -0.39 is 0 Å². The Bertz CT molecular complexity index is 1060. The minimum Gasteiger partial charge on any atom is -0.330 e. The molecule has 3 aromatic heterocycles. The number of hydrogen-bond acceptors (Lipinski definition) is 5. The Morgan fingerprint density at radius 2 is 2.00 bits per heavy atom. The Labute approximate surface area is 157 Å². The molecule has 4 rings (SSSR count). The van der Waals surface area contributed by atoms with Crippen molar-refractivity contribution >= 4 is 40.3 Å². The van der Waals surface area contributed by atoms with Crippen LogP contribution in [-0.2, 0) is 6.54 Å². The first kappa shape index (κ1) is 16.5. The molecule has 9 heteroatoms. The zero-order valence-electron chi connectivity index (χ0n) is 13.4. The molecule has 4 aromatic rings. The molecule has 0 unspecified atom stereocenters. The van der Waals surface area contributed by atoms with Gasteiger partial charge in [0.2, 0.25) is 0 Å². The van der Waals surface area contributed by atoms with Gasteiger partial charge in [-0.1, -0.05) is 29.8 Å². The quantitative estimate of drug-likeness (QED) is 0.560. The van der Waals surface area contributed by atoms with Gasteiger partial charge in [-0.15, -0.1) is 21.5 Å². The lowest BCUT2D eigenvalue weighted by Gasteiger charge is -2.08. The number of hydrogen-bond donors (Lipinski definition) is 2. The van der Waals surface area contributed by atoms with E-state index in [1.54, 1.807) is 40.1 Å². The number of amides is 2. The molecule has 2 amide bonds. The number of urea groups is 1. The molecule has 2 N–H and O–H groups in total. The van der Waals surface area contributed by atoms with E-state index in [2.05, 4.69) is 25.9 Å². The minimum atomic E-state index is -0.385. The predicted octanol–water partition coefficient (Wildman–Crippen LogP) is 3.83. The van der Waals surface area contributed by atoms with Crippen molar-refractivity contribution in [3.63, 3.8) is 0 Å². The summed E-state index contributed by atoms with van der Waals surface area (Å²) in [6.07, 6.45) is 0. The second kappa shape index (κ2) is 7.11. The van der Waals surface area contributed by atoms with Crippen molar-refractivity contribution in [3.05, 3.63) is 64.8 Å². The lowest BCUT2D eigenvalue weighted by molar-refractivity contribution is 0.251. The van der Waals surface area contributed by atoms with E-state index in [1.807, 2.05) is 29.6 Å². The first-order valence-electron chi connectivity index (χ1n) is 7.75. The highest BCUT2D eigenvalue weighted by Crippen LogP contribution is 2.22. The van der Waals surface area contributed by atoms with E-state index in [-0.39, 0.29) is 12.6 Å². The van der Waals surface area contributed by atoms with Crippen LogP contribution in [0.3, 0.4) is 0 Å². The van der Waals surface area contributed by atoms with Crippen LogP contribution < -0.4 is 10.6 Å². The first-order valence-corrected chi connectivity index (χ1v) is 9.01. The standard InChI is InChI=1S/C17H13ClN6OS/c18-11-4-1-2-5-12(11)20-17(25)19-10-16-22-21-15-8-7-13(23-24(15)16)14-6-3-9-26-14/h1-9H,10H2,(H2,19,20,25).